The number of aliphatic hydroxyl groups excluding tert-OH is 1. The molecule has 2 aliphatic rings. The van der Waals surface area contributed by atoms with E-state index in [1.54, 1.807) is 6.92 Å². The third kappa shape index (κ3) is 4.28. The van der Waals surface area contributed by atoms with Gasteiger partial charge in [-0.1, -0.05) is 61.5 Å². The van der Waals surface area contributed by atoms with Gasteiger partial charge in [0.15, 0.2) is 0 Å². The highest BCUT2D eigenvalue weighted by molar-refractivity contribution is 5.98. The number of aryl methyl sites for hydroxylation is 1. The van der Waals surface area contributed by atoms with E-state index < -0.39 is 0 Å². The fourth-order valence-electron chi connectivity index (χ4n) is 5.14. The Morgan fingerprint density at radius 2 is 1.64 bits per heavy atom. The Balaban J connectivity index is 1.58. The van der Waals surface area contributed by atoms with Gasteiger partial charge < -0.3 is 14.9 Å². The maximum Gasteiger partial charge on any atom is 0.224 e. The average Bonchev–Trinajstić information content (AvgIpc) is 3.69. The summed E-state index contributed by atoms with van der Waals surface area (Å²) < 4.78 is 0. The molecule has 1 aliphatic heterocycles. The van der Waals surface area contributed by atoms with Gasteiger partial charge in [-0.05, 0) is 65.1 Å². The summed E-state index contributed by atoms with van der Waals surface area (Å²) in [4.78, 5) is 17.2. The molecule has 33 heavy (non-hydrogen) atoms. The highest BCUT2D eigenvalue weighted by Gasteiger charge is 2.42. The molecular formula is C29H32N2O2. The molecular weight excluding hydrogens is 408 g/mol. The Kier molecular flexibility index (Phi) is 5.94. The molecule has 0 bridgehead atoms. The van der Waals surface area contributed by atoms with Crippen LogP contribution in [0.15, 0.2) is 66.7 Å². The van der Waals surface area contributed by atoms with Crippen LogP contribution in [0.3, 0.4) is 0 Å². The van der Waals surface area contributed by atoms with Crippen LogP contribution >= 0.6 is 0 Å². The molecule has 1 atom stereocenters. The highest BCUT2D eigenvalue weighted by atomic mass is 16.3. The molecule has 0 aromatic heterocycles. The van der Waals surface area contributed by atoms with E-state index in [4.69, 9.17) is 0 Å². The minimum Gasteiger partial charge on any atom is -0.392 e. The molecule has 4 heteroatoms. The molecule has 0 spiro atoms. The van der Waals surface area contributed by atoms with E-state index in [9.17, 15) is 9.90 Å². The zero-order chi connectivity index (χ0) is 22.9. The van der Waals surface area contributed by atoms with Crippen LogP contribution in [0.25, 0.3) is 11.1 Å². The third-order valence-electron chi connectivity index (χ3n) is 7.17. The minimum atomic E-state index is 0.0340. The zero-order valence-electron chi connectivity index (χ0n) is 19.5. The van der Waals surface area contributed by atoms with Crippen molar-refractivity contribution >= 4 is 17.3 Å². The second-order valence-corrected chi connectivity index (χ2v) is 9.36. The zero-order valence-corrected chi connectivity index (χ0v) is 19.5. The van der Waals surface area contributed by atoms with Crippen molar-refractivity contribution in [3.8, 4) is 11.1 Å². The van der Waals surface area contributed by atoms with Gasteiger partial charge in [0.2, 0.25) is 5.91 Å². The molecule has 3 aromatic carbocycles. The molecule has 1 saturated carbocycles. The van der Waals surface area contributed by atoms with Gasteiger partial charge in [-0.2, -0.15) is 0 Å². The van der Waals surface area contributed by atoms with Crippen molar-refractivity contribution in [1.29, 1.82) is 0 Å². The molecule has 5 rings (SSSR count). The Morgan fingerprint density at radius 3 is 2.27 bits per heavy atom. The van der Waals surface area contributed by atoms with Crippen molar-refractivity contribution in [2.24, 2.45) is 5.92 Å². The number of aliphatic hydroxyl groups is 1. The monoisotopic (exact) mass is 440 g/mol. The lowest BCUT2D eigenvalue weighted by atomic mass is 9.97. The summed E-state index contributed by atoms with van der Waals surface area (Å²) in [6.07, 6.45) is 3.40. The predicted octanol–water partition coefficient (Wildman–Crippen LogP) is 5.56. The lowest BCUT2D eigenvalue weighted by molar-refractivity contribution is -0.117. The largest absolute Gasteiger partial charge is 0.392 e. The summed E-state index contributed by atoms with van der Waals surface area (Å²) >= 11 is 0. The Labute approximate surface area is 196 Å². The summed E-state index contributed by atoms with van der Waals surface area (Å²) in [7, 11) is 0. The standard InChI is InChI=1S/C29H32N2O2/c1-3-21-8-10-22(11-9-21)24-14-15-27-28(16-24)30(17-25-6-4-5-7-26(25)19-32)18-29(23-12-13-23)31(27)20(2)33/h4-11,14-16,23,29,32H,3,12-13,17-19H2,1-2H3. The van der Waals surface area contributed by atoms with E-state index in [-0.39, 0.29) is 18.6 Å². The van der Waals surface area contributed by atoms with E-state index in [0.717, 1.165) is 47.6 Å². The van der Waals surface area contributed by atoms with Crippen LogP contribution in [-0.2, 0) is 24.4 Å². The number of benzene rings is 3. The molecule has 0 saturated heterocycles. The van der Waals surface area contributed by atoms with E-state index in [1.807, 2.05) is 23.1 Å². The molecule has 1 N–H and O–H groups in total. The number of amides is 1. The predicted molar refractivity (Wildman–Crippen MR) is 134 cm³/mol. The summed E-state index contributed by atoms with van der Waals surface area (Å²) in [6.45, 7) is 5.42. The fourth-order valence-corrected chi connectivity index (χ4v) is 5.14. The Morgan fingerprint density at radius 1 is 0.939 bits per heavy atom. The lowest BCUT2D eigenvalue weighted by Gasteiger charge is -2.44. The van der Waals surface area contributed by atoms with Gasteiger partial charge in [-0.15, -0.1) is 0 Å². The maximum atomic E-state index is 12.8. The quantitative estimate of drug-likeness (QED) is 0.546. The van der Waals surface area contributed by atoms with Crippen LogP contribution in [0.4, 0.5) is 11.4 Å². The van der Waals surface area contributed by atoms with Crippen molar-refractivity contribution < 1.29 is 9.90 Å². The SMILES string of the molecule is CCc1ccc(-c2ccc3c(c2)N(Cc2ccccc2CO)CC(C2CC2)N3C(C)=O)cc1. The molecule has 1 aliphatic carbocycles. The normalized spacial score (nSPS) is 17.7. The van der Waals surface area contributed by atoms with Crippen molar-refractivity contribution in [1.82, 2.24) is 0 Å². The first-order valence-corrected chi connectivity index (χ1v) is 12.0. The number of fused-ring (bicyclic) bond motifs is 1. The van der Waals surface area contributed by atoms with Crippen molar-refractivity contribution in [3.63, 3.8) is 0 Å². The van der Waals surface area contributed by atoms with Crippen LogP contribution in [0, 0.1) is 5.92 Å². The van der Waals surface area contributed by atoms with E-state index in [1.165, 1.54) is 24.0 Å². The second kappa shape index (κ2) is 9.03. The van der Waals surface area contributed by atoms with Crippen LogP contribution in [0.5, 0.6) is 0 Å². The number of hydrogen-bond acceptors (Lipinski definition) is 3. The summed E-state index contributed by atoms with van der Waals surface area (Å²) in [5.41, 5.74) is 7.85. The molecule has 4 nitrogen and oxygen atoms in total. The van der Waals surface area contributed by atoms with E-state index in [2.05, 4.69) is 60.4 Å². The summed E-state index contributed by atoms with van der Waals surface area (Å²) in [5.74, 6) is 0.683. The molecule has 170 valence electrons. The smallest absolute Gasteiger partial charge is 0.224 e. The average molecular weight is 441 g/mol. The van der Waals surface area contributed by atoms with Gasteiger partial charge in [0, 0.05) is 20.0 Å². The van der Waals surface area contributed by atoms with Crippen molar-refractivity contribution in [3.05, 3.63) is 83.4 Å². The third-order valence-corrected chi connectivity index (χ3v) is 7.17. The summed E-state index contributed by atoms with van der Waals surface area (Å²) in [6, 6.07) is 23.5. The maximum absolute atomic E-state index is 12.8. The molecule has 3 aromatic rings. The molecule has 0 radical (unpaired) electrons. The molecule has 1 heterocycles. The van der Waals surface area contributed by atoms with Gasteiger partial charge in [0.05, 0.1) is 24.0 Å². The first-order valence-electron chi connectivity index (χ1n) is 12.0. The number of anilines is 2. The number of nitrogens with zero attached hydrogens (tertiary/aromatic N) is 2. The lowest BCUT2D eigenvalue weighted by Crippen LogP contribution is -2.52. The van der Waals surface area contributed by atoms with Gasteiger partial charge >= 0.3 is 0 Å². The minimum absolute atomic E-state index is 0.0340. The fraction of sp³-hybridized carbons (Fsp3) is 0.345. The van der Waals surface area contributed by atoms with E-state index in [0.29, 0.717) is 5.92 Å². The topological polar surface area (TPSA) is 43.8 Å². The first kappa shape index (κ1) is 21.7. The molecule has 1 amide bonds. The second-order valence-electron chi connectivity index (χ2n) is 9.36. The molecule has 1 unspecified atom stereocenters. The van der Waals surface area contributed by atoms with Crippen LogP contribution in [-0.4, -0.2) is 23.6 Å². The van der Waals surface area contributed by atoms with Gasteiger partial charge in [-0.25, -0.2) is 0 Å². The van der Waals surface area contributed by atoms with Crippen LogP contribution in [0.1, 0.15) is 43.4 Å². The number of hydrogen-bond donors (Lipinski definition) is 1. The number of rotatable bonds is 6. The van der Waals surface area contributed by atoms with Crippen molar-refractivity contribution in [2.75, 3.05) is 16.3 Å². The number of carbonyl (C=O) groups excluding carboxylic acids is 1. The van der Waals surface area contributed by atoms with Crippen molar-refractivity contribution in [2.45, 2.75) is 52.3 Å². The Hall–Kier alpha value is -3.11. The van der Waals surface area contributed by atoms with Gasteiger partial charge in [-0.3, -0.25) is 4.79 Å². The highest BCUT2D eigenvalue weighted by Crippen LogP contribution is 2.45. The Bertz CT molecular complexity index is 1150. The number of carbonyl (C=O) groups is 1. The summed E-state index contributed by atoms with van der Waals surface area (Å²) in [5, 5.41) is 9.87. The first-order chi connectivity index (χ1) is 16.1. The van der Waals surface area contributed by atoms with Crippen LogP contribution < -0.4 is 9.80 Å². The van der Waals surface area contributed by atoms with Gasteiger partial charge in [0.25, 0.3) is 0 Å². The van der Waals surface area contributed by atoms with Crippen LogP contribution in [0.2, 0.25) is 0 Å². The van der Waals surface area contributed by atoms with E-state index >= 15 is 0 Å². The van der Waals surface area contributed by atoms with Gasteiger partial charge in [0.1, 0.15) is 0 Å². The molecule has 1 fully saturated rings.